The molecule has 0 aliphatic carbocycles. The number of amides is 2. The summed E-state index contributed by atoms with van der Waals surface area (Å²) in [6, 6.07) is 3.92. The van der Waals surface area contributed by atoms with Crippen molar-refractivity contribution in [3.8, 4) is 5.75 Å². The molecule has 19 heavy (non-hydrogen) atoms. The zero-order valence-electron chi connectivity index (χ0n) is 11.3. The Balaban J connectivity index is 3.01. The normalized spacial score (nSPS) is 12.1. The van der Waals surface area contributed by atoms with Gasteiger partial charge in [-0.2, -0.15) is 0 Å². The van der Waals surface area contributed by atoms with Gasteiger partial charge < -0.3 is 21.5 Å². The van der Waals surface area contributed by atoms with E-state index in [1.165, 1.54) is 19.2 Å². The van der Waals surface area contributed by atoms with E-state index in [1.807, 2.05) is 13.8 Å². The van der Waals surface area contributed by atoms with Crippen LogP contribution in [0.15, 0.2) is 18.2 Å². The lowest BCUT2D eigenvalue weighted by atomic mass is 10.0. The summed E-state index contributed by atoms with van der Waals surface area (Å²) in [5.41, 5.74) is 11.6. The topological polar surface area (TPSA) is 107 Å². The van der Waals surface area contributed by atoms with Gasteiger partial charge in [0.15, 0.2) is 0 Å². The molecule has 0 radical (unpaired) electrons. The number of primary amides is 1. The highest BCUT2D eigenvalue weighted by Crippen LogP contribution is 2.25. The van der Waals surface area contributed by atoms with Gasteiger partial charge in [0.05, 0.1) is 18.8 Å². The number of methoxy groups -OCH3 is 1. The fourth-order valence-corrected chi connectivity index (χ4v) is 1.48. The number of nitrogens with one attached hydrogen (secondary N) is 1. The third kappa shape index (κ3) is 3.69. The molecule has 104 valence electrons. The van der Waals surface area contributed by atoms with Gasteiger partial charge in [-0.25, -0.2) is 0 Å². The van der Waals surface area contributed by atoms with Crippen LogP contribution in [0.1, 0.15) is 24.2 Å². The van der Waals surface area contributed by atoms with Crippen LogP contribution in [0.4, 0.5) is 5.69 Å². The number of nitrogens with two attached hydrogens (primary N) is 2. The molecule has 0 aromatic heterocycles. The molecular formula is C13H19N3O3. The summed E-state index contributed by atoms with van der Waals surface area (Å²) in [4.78, 5) is 23.0. The van der Waals surface area contributed by atoms with Gasteiger partial charge in [0.2, 0.25) is 11.8 Å². The van der Waals surface area contributed by atoms with Crippen LogP contribution in [0, 0.1) is 5.92 Å². The first-order chi connectivity index (χ1) is 8.86. The summed E-state index contributed by atoms with van der Waals surface area (Å²) < 4.78 is 5.11. The van der Waals surface area contributed by atoms with Gasteiger partial charge in [0.1, 0.15) is 5.75 Å². The molecule has 1 aromatic carbocycles. The predicted molar refractivity (Wildman–Crippen MR) is 73.0 cm³/mol. The number of rotatable bonds is 5. The molecule has 0 saturated carbocycles. The average Bonchev–Trinajstić information content (AvgIpc) is 2.37. The van der Waals surface area contributed by atoms with Crippen molar-refractivity contribution in [3.05, 3.63) is 23.8 Å². The molecule has 0 aliphatic heterocycles. The zero-order chi connectivity index (χ0) is 14.6. The molecule has 1 unspecified atom stereocenters. The Morgan fingerprint density at radius 1 is 1.32 bits per heavy atom. The lowest BCUT2D eigenvalue weighted by Gasteiger charge is -2.17. The van der Waals surface area contributed by atoms with E-state index in [-0.39, 0.29) is 17.4 Å². The van der Waals surface area contributed by atoms with Crippen LogP contribution in [0.2, 0.25) is 0 Å². The van der Waals surface area contributed by atoms with Crippen LogP contribution in [-0.2, 0) is 4.79 Å². The van der Waals surface area contributed by atoms with Crippen molar-refractivity contribution in [1.29, 1.82) is 0 Å². The predicted octanol–water partition coefficient (Wildman–Crippen LogP) is 0.716. The number of hydrogen-bond donors (Lipinski definition) is 3. The van der Waals surface area contributed by atoms with Crippen molar-refractivity contribution in [2.75, 3.05) is 12.4 Å². The molecule has 1 aromatic rings. The molecular weight excluding hydrogens is 246 g/mol. The van der Waals surface area contributed by atoms with Gasteiger partial charge in [-0.05, 0) is 24.1 Å². The largest absolute Gasteiger partial charge is 0.495 e. The Morgan fingerprint density at radius 3 is 2.42 bits per heavy atom. The molecule has 0 heterocycles. The van der Waals surface area contributed by atoms with Crippen LogP contribution >= 0.6 is 0 Å². The van der Waals surface area contributed by atoms with Crippen molar-refractivity contribution in [2.24, 2.45) is 17.4 Å². The third-order valence-electron chi connectivity index (χ3n) is 2.76. The third-order valence-corrected chi connectivity index (χ3v) is 2.76. The molecule has 6 heteroatoms. The first-order valence-corrected chi connectivity index (χ1v) is 5.91. The Kier molecular flexibility index (Phi) is 4.88. The average molecular weight is 265 g/mol. The zero-order valence-corrected chi connectivity index (χ0v) is 11.3. The van der Waals surface area contributed by atoms with Gasteiger partial charge in [-0.3, -0.25) is 9.59 Å². The van der Waals surface area contributed by atoms with E-state index in [0.717, 1.165) is 0 Å². The molecule has 0 fully saturated rings. The number of carbonyl (C=O) groups is 2. The van der Waals surface area contributed by atoms with Crippen molar-refractivity contribution >= 4 is 17.5 Å². The molecule has 0 spiro atoms. The Morgan fingerprint density at radius 2 is 1.95 bits per heavy atom. The van der Waals surface area contributed by atoms with Crippen molar-refractivity contribution < 1.29 is 14.3 Å². The van der Waals surface area contributed by atoms with E-state index in [2.05, 4.69) is 5.32 Å². The standard InChI is InChI=1S/C13H19N3O3/c1-7(2)11(14)13(18)16-9-6-8(12(15)17)4-5-10(9)19-3/h4-7,11H,14H2,1-3H3,(H2,15,17)(H,16,18). The first-order valence-electron chi connectivity index (χ1n) is 5.91. The second kappa shape index (κ2) is 6.19. The van der Waals surface area contributed by atoms with Crippen LogP contribution in [0.25, 0.3) is 0 Å². The fourth-order valence-electron chi connectivity index (χ4n) is 1.48. The summed E-state index contributed by atoms with van der Waals surface area (Å²) in [7, 11) is 1.47. The highest BCUT2D eigenvalue weighted by molar-refractivity contribution is 5.99. The number of anilines is 1. The summed E-state index contributed by atoms with van der Waals surface area (Å²) >= 11 is 0. The number of hydrogen-bond acceptors (Lipinski definition) is 4. The van der Waals surface area contributed by atoms with Gasteiger partial charge in [0, 0.05) is 5.56 Å². The highest BCUT2D eigenvalue weighted by atomic mass is 16.5. The minimum atomic E-state index is -0.637. The Bertz CT molecular complexity index is 486. The quantitative estimate of drug-likeness (QED) is 0.728. The van der Waals surface area contributed by atoms with Gasteiger partial charge in [0.25, 0.3) is 0 Å². The van der Waals surface area contributed by atoms with Crippen LogP contribution in [-0.4, -0.2) is 25.0 Å². The number of ether oxygens (including phenoxy) is 1. The van der Waals surface area contributed by atoms with Crippen molar-refractivity contribution in [2.45, 2.75) is 19.9 Å². The number of benzene rings is 1. The van der Waals surface area contributed by atoms with E-state index < -0.39 is 11.9 Å². The van der Waals surface area contributed by atoms with Gasteiger partial charge in [-0.15, -0.1) is 0 Å². The molecule has 1 atom stereocenters. The maximum absolute atomic E-state index is 11.9. The molecule has 0 saturated heterocycles. The summed E-state index contributed by atoms with van der Waals surface area (Å²) in [5.74, 6) is -0.471. The van der Waals surface area contributed by atoms with Gasteiger partial charge in [-0.1, -0.05) is 13.8 Å². The van der Waals surface area contributed by atoms with E-state index in [9.17, 15) is 9.59 Å². The lowest BCUT2D eigenvalue weighted by molar-refractivity contribution is -0.118. The second-order valence-corrected chi connectivity index (χ2v) is 4.54. The summed E-state index contributed by atoms with van der Waals surface area (Å²) in [5, 5.41) is 2.64. The van der Waals surface area contributed by atoms with Gasteiger partial charge >= 0.3 is 0 Å². The van der Waals surface area contributed by atoms with Crippen molar-refractivity contribution in [3.63, 3.8) is 0 Å². The Labute approximate surface area is 112 Å². The minimum absolute atomic E-state index is 0.00492. The second-order valence-electron chi connectivity index (χ2n) is 4.54. The smallest absolute Gasteiger partial charge is 0.248 e. The number of carbonyl (C=O) groups excluding carboxylic acids is 2. The minimum Gasteiger partial charge on any atom is -0.495 e. The summed E-state index contributed by atoms with van der Waals surface area (Å²) in [6.07, 6.45) is 0. The molecule has 2 amide bonds. The molecule has 5 N–H and O–H groups in total. The maximum atomic E-state index is 11.9. The van der Waals surface area contributed by atoms with E-state index in [0.29, 0.717) is 11.4 Å². The molecule has 0 aliphatic rings. The summed E-state index contributed by atoms with van der Waals surface area (Å²) in [6.45, 7) is 3.70. The van der Waals surface area contributed by atoms with E-state index in [4.69, 9.17) is 16.2 Å². The van der Waals surface area contributed by atoms with E-state index in [1.54, 1.807) is 6.07 Å². The lowest BCUT2D eigenvalue weighted by Crippen LogP contribution is -2.39. The van der Waals surface area contributed by atoms with Crippen LogP contribution < -0.4 is 21.5 Å². The van der Waals surface area contributed by atoms with E-state index >= 15 is 0 Å². The first kappa shape index (κ1) is 15.0. The molecule has 6 nitrogen and oxygen atoms in total. The Hall–Kier alpha value is -2.08. The SMILES string of the molecule is COc1ccc(C(N)=O)cc1NC(=O)C(N)C(C)C. The van der Waals surface area contributed by atoms with Crippen molar-refractivity contribution in [1.82, 2.24) is 0 Å². The highest BCUT2D eigenvalue weighted by Gasteiger charge is 2.19. The molecule has 1 rings (SSSR count). The van der Waals surface area contributed by atoms with Crippen LogP contribution in [0.3, 0.4) is 0 Å². The molecule has 0 bridgehead atoms. The monoisotopic (exact) mass is 265 g/mol. The maximum Gasteiger partial charge on any atom is 0.248 e. The van der Waals surface area contributed by atoms with Crippen LogP contribution in [0.5, 0.6) is 5.75 Å². The fraction of sp³-hybridized carbons (Fsp3) is 0.385.